The molecule has 0 atom stereocenters. The summed E-state index contributed by atoms with van der Waals surface area (Å²) < 4.78 is 28.7. The minimum atomic E-state index is -3.89. The summed E-state index contributed by atoms with van der Waals surface area (Å²) in [5, 5.41) is 11.2. The van der Waals surface area contributed by atoms with Crippen LogP contribution in [0, 0.1) is 0 Å². The van der Waals surface area contributed by atoms with E-state index in [-0.39, 0.29) is 11.4 Å². The van der Waals surface area contributed by atoms with Crippen LogP contribution in [0.2, 0.25) is 14.8 Å². The molecule has 142 valence electrons. The van der Waals surface area contributed by atoms with Crippen LogP contribution in [-0.4, -0.2) is 47.0 Å². The van der Waals surface area contributed by atoms with E-state index in [1.54, 1.807) is 30.3 Å². The number of hydrogen-bond donors (Lipinski definition) is 2. The third kappa shape index (κ3) is 3.96. The van der Waals surface area contributed by atoms with Gasteiger partial charge >= 0.3 is 162 Å². The van der Waals surface area contributed by atoms with Gasteiger partial charge in [-0.05, 0) is 0 Å². The Morgan fingerprint density at radius 1 is 1.15 bits per heavy atom. The monoisotopic (exact) mass is 495 g/mol. The maximum absolute atomic E-state index is 13.2. The number of nitrogens with zero attached hydrogens (tertiary/aromatic N) is 2. The molecule has 0 bridgehead atoms. The van der Waals surface area contributed by atoms with Gasteiger partial charge in [-0.2, -0.15) is 0 Å². The average molecular weight is 494 g/mol. The van der Waals surface area contributed by atoms with E-state index in [4.69, 9.17) is 10.1 Å². The van der Waals surface area contributed by atoms with Crippen LogP contribution in [0.4, 0.5) is 4.79 Å². The molecule has 0 unspecified atom stereocenters. The number of carbonyl (C=O) groups is 1. The van der Waals surface area contributed by atoms with Crippen LogP contribution in [0.1, 0.15) is 5.69 Å². The van der Waals surface area contributed by atoms with Crippen molar-refractivity contribution in [3.8, 4) is 0 Å². The second-order valence-corrected chi connectivity index (χ2v) is 23.3. The van der Waals surface area contributed by atoms with Crippen molar-refractivity contribution in [3.05, 3.63) is 54.2 Å². The molecule has 1 amide bonds. The van der Waals surface area contributed by atoms with E-state index in [1.165, 1.54) is 16.1 Å². The zero-order chi connectivity index (χ0) is 19.8. The summed E-state index contributed by atoms with van der Waals surface area (Å²) in [5.74, 6) is 0. The topological polar surface area (TPSA) is 101 Å². The van der Waals surface area contributed by atoms with Gasteiger partial charge in [-0.25, -0.2) is 0 Å². The summed E-state index contributed by atoms with van der Waals surface area (Å²) >= 11 is -2.44. The van der Waals surface area contributed by atoms with Crippen LogP contribution < -0.4 is 9.03 Å². The summed E-state index contributed by atoms with van der Waals surface area (Å²) in [6, 6.07) is 13.4. The molecule has 0 radical (unpaired) electrons. The average Bonchev–Trinajstić information content (AvgIpc) is 2.98. The first-order chi connectivity index (χ1) is 12.6. The van der Waals surface area contributed by atoms with Gasteiger partial charge in [-0.3, -0.25) is 0 Å². The summed E-state index contributed by atoms with van der Waals surface area (Å²) in [6.07, 6.45) is -1.22. The molecule has 3 aromatic rings. The third-order valence-electron chi connectivity index (χ3n) is 4.16. The molecule has 0 fully saturated rings. The van der Waals surface area contributed by atoms with E-state index in [0.717, 1.165) is 3.71 Å². The van der Waals surface area contributed by atoms with Crippen LogP contribution in [0.3, 0.4) is 0 Å². The number of amides is 1. The van der Waals surface area contributed by atoms with Gasteiger partial charge in [0.2, 0.25) is 0 Å². The molecule has 0 aliphatic carbocycles. The van der Waals surface area contributed by atoms with E-state index in [0.29, 0.717) is 16.7 Å². The molecule has 0 spiro atoms. The predicted octanol–water partition coefficient (Wildman–Crippen LogP) is 2.59. The second-order valence-electron chi connectivity index (χ2n) is 7.23. The second kappa shape index (κ2) is 7.16. The van der Waals surface area contributed by atoms with Crippen LogP contribution in [0.25, 0.3) is 11.0 Å². The molecule has 7 nitrogen and oxygen atoms in total. The van der Waals surface area contributed by atoms with Gasteiger partial charge < -0.3 is 0 Å². The first-order valence-corrected chi connectivity index (χ1v) is 19.8. The molecular formula is C18H21N3O4SSn. The number of hydrogen-bond acceptors (Lipinski definition) is 4. The third-order valence-corrected chi connectivity index (χ3v) is 11.1. The molecular weight excluding hydrogens is 473 g/mol. The fourth-order valence-electron chi connectivity index (χ4n) is 2.81. The Hall–Kier alpha value is -2.07. The molecule has 0 saturated heterocycles. The van der Waals surface area contributed by atoms with Gasteiger partial charge in [0.15, 0.2) is 0 Å². The Bertz CT molecular complexity index is 1100. The van der Waals surface area contributed by atoms with Crippen molar-refractivity contribution in [2.45, 2.75) is 26.3 Å². The molecule has 2 N–H and O–H groups in total. The molecule has 0 aliphatic rings. The van der Waals surface area contributed by atoms with E-state index in [1.807, 2.05) is 6.07 Å². The molecule has 2 heterocycles. The van der Waals surface area contributed by atoms with Crippen LogP contribution in [0.15, 0.2) is 53.4 Å². The number of pyridine rings is 1. The van der Waals surface area contributed by atoms with Crippen molar-refractivity contribution in [1.82, 2.24) is 14.3 Å². The molecule has 9 heteroatoms. The summed E-state index contributed by atoms with van der Waals surface area (Å²) in [6.45, 7) is -0.133. The number of aromatic nitrogens is 2. The number of benzene rings is 1. The summed E-state index contributed by atoms with van der Waals surface area (Å²) in [4.78, 5) is 22.4. The van der Waals surface area contributed by atoms with Gasteiger partial charge in [0.1, 0.15) is 0 Å². The van der Waals surface area contributed by atoms with Crippen LogP contribution in [0.5, 0.6) is 0 Å². The van der Waals surface area contributed by atoms with Crippen molar-refractivity contribution < 1.29 is 18.3 Å². The van der Waals surface area contributed by atoms with Crippen LogP contribution in [-0.2, 0) is 16.6 Å². The maximum atomic E-state index is 13.2. The number of carboxylic acid groups (broad SMARTS) is 1. The van der Waals surface area contributed by atoms with E-state index < -0.39 is 34.5 Å². The van der Waals surface area contributed by atoms with Crippen molar-refractivity contribution in [3.63, 3.8) is 0 Å². The molecule has 3 rings (SSSR count). The first kappa shape index (κ1) is 19.7. The van der Waals surface area contributed by atoms with E-state index in [2.05, 4.69) is 20.1 Å². The van der Waals surface area contributed by atoms with Crippen molar-refractivity contribution >= 4 is 49.2 Å². The molecule has 2 aromatic heterocycles. The van der Waals surface area contributed by atoms with E-state index >= 15 is 0 Å². The Morgan fingerprint density at radius 3 is 2.41 bits per heavy atom. The Kier molecular flexibility index (Phi) is 5.22. The summed E-state index contributed by atoms with van der Waals surface area (Å²) in [5.41, 5.74) is 1.33. The van der Waals surface area contributed by atoms with E-state index in [9.17, 15) is 13.2 Å². The zero-order valence-electron chi connectivity index (χ0n) is 15.3. The predicted molar refractivity (Wildman–Crippen MR) is 107 cm³/mol. The number of fused-ring (bicyclic) bond motifs is 1. The minimum absolute atomic E-state index is 0.133. The number of rotatable bonds is 5. The normalized spacial score (nSPS) is 12.3. The van der Waals surface area contributed by atoms with Gasteiger partial charge in [-0.1, -0.05) is 0 Å². The van der Waals surface area contributed by atoms with Crippen molar-refractivity contribution in [2.75, 3.05) is 0 Å². The molecule has 1 aromatic carbocycles. The zero-order valence-corrected chi connectivity index (χ0v) is 19.0. The Balaban J connectivity index is 2.25. The molecule has 0 saturated carbocycles. The Labute approximate surface area is 162 Å². The van der Waals surface area contributed by atoms with Gasteiger partial charge in [0.25, 0.3) is 0 Å². The molecule has 0 aliphatic heterocycles. The summed E-state index contributed by atoms with van der Waals surface area (Å²) in [7, 11) is -3.89. The fraction of sp³-hybridized carbons (Fsp3) is 0.222. The Morgan fingerprint density at radius 2 is 1.81 bits per heavy atom. The fourth-order valence-corrected chi connectivity index (χ4v) is 7.32. The number of nitrogens with one attached hydrogen (secondary N) is 1. The van der Waals surface area contributed by atoms with Gasteiger partial charge in [0.05, 0.1) is 0 Å². The standard InChI is InChI=1S/C15H12N3O4S.3CH3.Sn/c19-15(20)17-10-11-9-13-14(7-4-8-16-13)18(11)23(21,22)12-5-2-1-3-6-12;;;;/h1-7,9,17H,10H2,(H,19,20);3*1H3;. The first-order valence-electron chi connectivity index (χ1n) is 8.40. The quantitative estimate of drug-likeness (QED) is 0.532. The SMILES string of the molecule is [CH3][Sn]([CH3])([CH3])[c]1ccc2c(cc(CNC(=O)O)n2S(=O)(=O)c2ccccc2)n1. The molecule has 27 heavy (non-hydrogen) atoms. The van der Waals surface area contributed by atoms with Crippen molar-refractivity contribution in [1.29, 1.82) is 0 Å². The van der Waals surface area contributed by atoms with Gasteiger partial charge in [-0.15, -0.1) is 0 Å². The van der Waals surface area contributed by atoms with Crippen molar-refractivity contribution in [2.24, 2.45) is 0 Å². The van der Waals surface area contributed by atoms with Gasteiger partial charge in [0, 0.05) is 0 Å². The van der Waals surface area contributed by atoms with Crippen LogP contribution >= 0.6 is 0 Å².